The van der Waals surface area contributed by atoms with Crippen molar-refractivity contribution in [1.82, 2.24) is 19.6 Å². The van der Waals surface area contributed by atoms with Gasteiger partial charge in [0.25, 0.3) is 0 Å². The molecular formula is C9H12ClN5. The lowest BCUT2D eigenvalue weighted by atomic mass is 10.4. The maximum Gasteiger partial charge on any atom is 0.175 e. The van der Waals surface area contributed by atoms with Gasteiger partial charge in [-0.1, -0.05) is 11.6 Å². The molecule has 2 N–H and O–H groups in total. The van der Waals surface area contributed by atoms with E-state index in [1.165, 1.54) is 0 Å². The molecule has 0 fully saturated rings. The van der Waals surface area contributed by atoms with E-state index < -0.39 is 0 Å². The summed E-state index contributed by atoms with van der Waals surface area (Å²) in [5.41, 5.74) is 8.09. The molecule has 2 aromatic rings. The summed E-state index contributed by atoms with van der Waals surface area (Å²) >= 11 is 5.94. The summed E-state index contributed by atoms with van der Waals surface area (Å²) in [6.07, 6.45) is 1.73. The van der Waals surface area contributed by atoms with Crippen LogP contribution in [0.5, 0.6) is 0 Å². The SMILES string of the molecule is Cc1nn(-c2c(N)c(C)nn2C)cc1Cl. The smallest absolute Gasteiger partial charge is 0.175 e. The van der Waals surface area contributed by atoms with E-state index in [1.807, 2.05) is 20.9 Å². The Morgan fingerprint density at radius 2 is 1.93 bits per heavy atom. The Kier molecular flexibility index (Phi) is 2.19. The quantitative estimate of drug-likeness (QED) is 0.799. The van der Waals surface area contributed by atoms with Gasteiger partial charge in [-0.2, -0.15) is 10.2 Å². The van der Waals surface area contributed by atoms with Gasteiger partial charge in [-0.15, -0.1) is 0 Å². The molecule has 2 heterocycles. The van der Waals surface area contributed by atoms with Crippen molar-refractivity contribution >= 4 is 17.3 Å². The topological polar surface area (TPSA) is 61.7 Å². The molecule has 0 bridgehead atoms. The van der Waals surface area contributed by atoms with E-state index in [-0.39, 0.29) is 0 Å². The number of aromatic nitrogens is 4. The van der Waals surface area contributed by atoms with Crippen LogP contribution >= 0.6 is 11.6 Å². The lowest BCUT2D eigenvalue weighted by Gasteiger charge is -2.02. The van der Waals surface area contributed by atoms with E-state index in [0.29, 0.717) is 10.7 Å². The number of anilines is 1. The largest absolute Gasteiger partial charge is 0.394 e. The molecule has 0 aliphatic rings. The first kappa shape index (κ1) is 10.0. The first-order chi connectivity index (χ1) is 7.00. The molecule has 0 spiro atoms. The van der Waals surface area contributed by atoms with Gasteiger partial charge in [-0.05, 0) is 13.8 Å². The maximum atomic E-state index is 5.94. The summed E-state index contributed by atoms with van der Waals surface area (Å²) in [7, 11) is 1.82. The van der Waals surface area contributed by atoms with Gasteiger partial charge in [-0.3, -0.25) is 0 Å². The van der Waals surface area contributed by atoms with Crippen LogP contribution in [0.1, 0.15) is 11.4 Å². The number of nitrogens with zero attached hydrogens (tertiary/aromatic N) is 4. The summed E-state index contributed by atoms with van der Waals surface area (Å²) in [6.45, 7) is 3.70. The van der Waals surface area contributed by atoms with E-state index >= 15 is 0 Å². The molecular weight excluding hydrogens is 214 g/mol. The Hall–Kier alpha value is -1.49. The normalized spacial score (nSPS) is 10.9. The summed E-state index contributed by atoms with van der Waals surface area (Å²) in [5.74, 6) is 0.738. The minimum absolute atomic E-state index is 0.619. The zero-order chi connectivity index (χ0) is 11.2. The zero-order valence-electron chi connectivity index (χ0n) is 8.82. The van der Waals surface area contributed by atoms with Gasteiger partial charge in [0, 0.05) is 7.05 Å². The van der Waals surface area contributed by atoms with Crippen molar-refractivity contribution in [3.05, 3.63) is 22.6 Å². The first-order valence-corrected chi connectivity index (χ1v) is 4.89. The van der Waals surface area contributed by atoms with Crippen molar-refractivity contribution in [2.24, 2.45) is 7.05 Å². The Morgan fingerprint density at radius 3 is 2.33 bits per heavy atom. The van der Waals surface area contributed by atoms with Crippen LogP contribution in [-0.2, 0) is 7.05 Å². The van der Waals surface area contributed by atoms with E-state index in [0.717, 1.165) is 17.2 Å². The lowest BCUT2D eigenvalue weighted by molar-refractivity contribution is 0.692. The fraction of sp³-hybridized carbons (Fsp3) is 0.333. The molecule has 0 aliphatic heterocycles. The maximum absolute atomic E-state index is 5.94. The number of rotatable bonds is 1. The van der Waals surface area contributed by atoms with Gasteiger partial charge in [0.05, 0.1) is 28.3 Å². The van der Waals surface area contributed by atoms with Gasteiger partial charge in [0.2, 0.25) is 0 Å². The highest BCUT2D eigenvalue weighted by Gasteiger charge is 2.14. The number of nitrogens with two attached hydrogens (primary N) is 1. The monoisotopic (exact) mass is 225 g/mol. The Balaban J connectivity index is 2.63. The second-order valence-corrected chi connectivity index (χ2v) is 3.86. The molecule has 5 nitrogen and oxygen atoms in total. The first-order valence-electron chi connectivity index (χ1n) is 4.52. The van der Waals surface area contributed by atoms with Crippen molar-refractivity contribution in [3.63, 3.8) is 0 Å². The standard InChI is InChI=1S/C9H12ClN5/c1-5-7(10)4-15(13-5)9-8(11)6(2)12-14(9)3/h4H,11H2,1-3H3. The molecule has 0 atom stereocenters. The summed E-state index contributed by atoms with van der Waals surface area (Å²) < 4.78 is 3.33. The summed E-state index contributed by atoms with van der Waals surface area (Å²) in [6, 6.07) is 0. The van der Waals surface area contributed by atoms with Crippen LogP contribution in [0.25, 0.3) is 5.82 Å². The molecule has 0 aliphatic carbocycles. The third-order valence-corrected chi connectivity index (χ3v) is 2.66. The fourth-order valence-electron chi connectivity index (χ4n) is 1.48. The number of hydrogen-bond donors (Lipinski definition) is 1. The highest BCUT2D eigenvalue weighted by atomic mass is 35.5. The van der Waals surface area contributed by atoms with Gasteiger partial charge in [0.1, 0.15) is 0 Å². The fourth-order valence-corrected chi connectivity index (χ4v) is 1.61. The lowest BCUT2D eigenvalue weighted by Crippen LogP contribution is -2.05. The van der Waals surface area contributed by atoms with Crippen LogP contribution in [-0.4, -0.2) is 19.6 Å². The van der Waals surface area contributed by atoms with Crippen LogP contribution in [0.15, 0.2) is 6.20 Å². The van der Waals surface area contributed by atoms with Crippen molar-refractivity contribution in [1.29, 1.82) is 0 Å². The van der Waals surface area contributed by atoms with E-state index in [1.54, 1.807) is 15.6 Å². The minimum atomic E-state index is 0.619. The molecule has 0 unspecified atom stereocenters. The molecule has 0 saturated heterocycles. The van der Waals surface area contributed by atoms with Crippen molar-refractivity contribution in [2.75, 3.05) is 5.73 Å². The number of hydrogen-bond acceptors (Lipinski definition) is 3. The van der Waals surface area contributed by atoms with Crippen LogP contribution in [0.3, 0.4) is 0 Å². The van der Waals surface area contributed by atoms with Gasteiger partial charge < -0.3 is 5.73 Å². The van der Waals surface area contributed by atoms with E-state index in [9.17, 15) is 0 Å². The average Bonchev–Trinajstić information content (AvgIpc) is 2.57. The van der Waals surface area contributed by atoms with Crippen molar-refractivity contribution in [2.45, 2.75) is 13.8 Å². The highest BCUT2D eigenvalue weighted by Crippen LogP contribution is 2.22. The average molecular weight is 226 g/mol. The highest BCUT2D eigenvalue weighted by molar-refractivity contribution is 6.31. The molecule has 2 aromatic heterocycles. The molecule has 0 saturated carbocycles. The predicted molar refractivity (Wildman–Crippen MR) is 59.2 cm³/mol. The second kappa shape index (κ2) is 3.27. The van der Waals surface area contributed by atoms with Crippen molar-refractivity contribution in [3.8, 4) is 5.82 Å². The number of nitrogen functional groups attached to an aromatic ring is 1. The third kappa shape index (κ3) is 1.48. The Bertz CT molecular complexity index is 491. The Labute approximate surface area is 92.4 Å². The second-order valence-electron chi connectivity index (χ2n) is 3.45. The molecule has 0 radical (unpaired) electrons. The predicted octanol–water partition coefficient (Wildman–Crippen LogP) is 1.46. The van der Waals surface area contributed by atoms with Gasteiger partial charge in [0.15, 0.2) is 5.82 Å². The summed E-state index contributed by atoms with van der Waals surface area (Å²) in [4.78, 5) is 0. The van der Waals surface area contributed by atoms with Crippen LogP contribution in [0, 0.1) is 13.8 Å². The number of aryl methyl sites for hydroxylation is 3. The molecule has 0 amide bonds. The molecule has 6 heteroatoms. The zero-order valence-corrected chi connectivity index (χ0v) is 9.58. The van der Waals surface area contributed by atoms with E-state index in [4.69, 9.17) is 17.3 Å². The molecule has 15 heavy (non-hydrogen) atoms. The number of halogens is 1. The van der Waals surface area contributed by atoms with Gasteiger partial charge in [-0.25, -0.2) is 9.36 Å². The minimum Gasteiger partial charge on any atom is -0.394 e. The molecule has 0 aromatic carbocycles. The summed E-state index contributed by atoms with van der Waals surface area (Å²) in [5, 5.41) is 9.09. The molecule has 2 rings (SSSR count). The van der Waals surface area contributed by atoms with Crippen LogP contribution in [0.2, 0.25) is 5.02 Å². The van der Waals surface area contributed by atoms with E-state index in [2.05, 4.69) is 10.2 Å². The van der Waals surface area contributed by atoms with Crippen molar-refractivity contribution < 1.29 is 0 Å². The third-order valence-electron chi connectivity index (χ3n) is 2.29. The Morgan fingerprint density at radius 1 is 1.27 bits per heavy atom. The van der Waals surface area contributed by atoms with Crippen LogP contribution in [0.4, 0.5) is 5.69 Å². The van der Waals surface area contributed by atoms with Crippen LogP contribution < -0.4 is 5.73 Å². The molecule has 80 valence electrons. The van der Waals surface area contributed by atoms with Gasteiger partial charge >= 0.3 is 0 Å².